The van der Waals surface area contributed by atoms with E-state index in [1.165, 1.54) is 43.1 Å². The molecule has 0 radical (unpaired) electrons. The highest BCUT2D eigenvalue weighted by atomic mass is 16.3. The van der Waals surface area contributed by atoms with Crippen molar-refractivity contribution < 1.29 is 4.42 Å². The number of rotatable bonds is 1. The van der Waals surface area contributed by atoms with Crippen LogP contribution in [0.2, 0.25) is 0 Å². The first kappa shape index (κ1) is 21.4. The van der Waals surface area contributed by atoms with Crippen LogP contribution in [0, 0.1) is 0 Å². The average molecular weight is 520 g/mol. The van der Waals surface area contributed by atoms with Crippen molar-refractivity contribution in [2.75, 3.05) is 0 Å². The van der Waals surface area contributed by atoms with Gasteiger partial charge in [0.15, 0.2) is 0 Å². The normalized spacial score (nSPS) is 12.4. The molecule has 8 aromatic carbocycles. The second-order valence-electron chi connectivity index (χ2n) is 11.1. The second-order valence-corrected chi connectivity index (χ2v) is 11.1. The van der Waals surface area contributed by atoms with Crippen molar-refractivity contribution in [3.8, 4) is 11.3 Å². The number of hydrogen-bond acceptors (Lipinski definition) is 2. The van der Waals surface area contributed by atoms with Crippen LogP contribution in [0.1, 0.15) is 0 Å². The van der Waals surface area contributed by atoms with E-state index >= 15 is 0 Å². The summed E-state index contributed by atoms with van der Waals surface area (Å²) in [5.41, 5.74) is 4.93. The van der Waals surface area contributed by atoms with Gasteiger partial charge in [0.05, 0.1) is 11.2 Å². The third kappa shape index (κ3) is 2.74. The molecule has 10 aromatic rings. The van der Waals surface area contributed by atoms with Crippen LogP contribution in [0.15, 0.2) is 132 Å². The molecule has 2 nitrogen and oxygen atoms in total. The van der Waals surface area contributed by atoms with Crippen molar-refractivity contribution in [3.63, 3.8) is 0 Å². The van der Waals surface area contributed by atoms with Crippen LogP contribution in [-0.2, 0) is 0 Å². The van der Waals surface area contributed by atoms with E-state index in [1.807, 2.05) is 6.07 Å². The zero-order valence-electron chi connectivity index (χ0n) is 22.0. The van der Waals surface area contributed by atoms with Gasteiger partial charge in [0.1, 0.15) is 11.2 Å². The van der Waals surface area contributed by atoms with Crippen LogP contribution in [0.4, 0.5) is 0 Å². The fourth-order valence-corrected chi connectivity index (χ4v) is 7.22. The van der Waals surface area contributed by atoms with Gasteiger partial charge in [-0.05, 0) is 62.0 Å². The van der Waals surface area contributed by atoms with E-state index in [-0.39, 0.29) is 0 Å². The summed E-state index contributed by atoms with van der Waals surface area (Å²) in [7, 11) is 0. The van der Waals surface area contributed by atoms with Gasteiger partial charge in [0.2, 0.25) is 0 Å². The van der Waals surface area contributed by atoms with Crippen molar-refractivity contribution >= 4 is 86.7 Å². The number of furan rings is 1. The molecule has 0 saturated carbocycles. The Kier molecular flexibility index (Phi) is 3.95. The first-order valence-electron chi connectivity index (χ1n) is 14.1. The molecule has 0 saturated heterocycles. The SMILES string of the molecule is c1cc2ccc3cc(-c4nc5ccccc5c5c6ccccc6c6oc7ccccc7c6c45)cc4ccc(c1)c2c34. The minimum absolute atomic E-state index is 0.898. The molecule has 188 valence electrons. The zero-order chi connectivity index (χ0) is 26.7. The minimum Gasteiger partial charge on any atom is -0.455 e. The zero-order valence-corrected chi connectivity index (χ0v) is 22.0. The molecule has 0 aliphatic carbocycles. The topological polar surface area (TPSA) is 26.0 Å². The van der Waals surface area contributed by atoms with Crippen LogP contribution in [0.3, 0.4) is 0 Å². The molecule has 41 heavy (non-hydrogen) atoms. The summed E-state index contributed by atoms with van der Waals surface area (Å²) in [5, 5.41) is 15.8. The van der Waals surface area contributed by atoms with Gasteiger partial charge in [-0.15, -0.1) is 0 Å². The maximum atomic E-state index is 6.61. The van der Waals surface area contributed by atoms with E-state index in [1.54, 1.807) is 0 Å². The van der Waals surface area contributed by atoms with Gasteiger partial charge in [0.25, 0.3) is 0 Å². The Morgan fingerprint density at radius 1 is 0.415 bits per heavy atom. The van der Waals surface area contributed by atoms with Crippen molar-refractivity contribution in [3.05, 3.63) is 127 Å². The van der Waals surface area contributed by atoms with E-state index in [9.17, 15) is 0 Å². The predicted octanol–water partition coefficient (Wildman–Crippen LogP) is 11.0. The van der Waals surface area contributed by atoms with Crippen molar-refractivity contribution in [1.82, 2.24) is 4.98 Å². The fraction of sp³-hybridized carbons (Fsp3) is 0. The molecule has 10 rings (SSSR count). The molecule has 0 N–H and O–H groups in total. The second kappa shape index (κ2) is 7.59. The number of benzene rings is 8. The van der Waals surface area contributed by atoms with E-state index in [2.05, 4.69) is 121 Å². The molecule has 0 bridgehead atoms. The number of fused-ring (bicyclic) bond motifs is 10. The lowest BCUT2D eigenvalue weighted by Gasteiger charge is -2.16. The Morgan fingerprint density at radius 2 is 1.02 bits per heavy atom. The van der Waals surface area contributed by atoms with Gasteiger partial charge in [-0.1, -0.05) is 103 Å². The molecule has 0 amide bonds. The molecule has 0 fully saturated rings. The summed E-state index contributed by atoms with van der Waals surface area (Å²) in [6.45, 7) is 0. The first-order valence-corrected chi connectivity index (χ1v) is 14.1. The van der Waals surface area contributed by atoms with Crippen LogP contribution in [0.5, 0.6) is 0 Å². The Morgan fingerprint density at radius 3 is 1.80 bits per heavy atom. The summed E-state index contributed by atoms with van der Waals surface area (Å²) in [5.74, 6) is 0. The summed E-state index contributed by atoms with van der Waals surface area (Å²) in [4.78, 5) is 5.41. The summed E-state index contributed by atoms with van der Waals surface area (Å²) >= 11 is 0. The predicted molar refractivity (Wildman–Crippen MR) is 173 cm³/mol. The van der Waals surface area contributed by atoms with Crippen LogP contribution in [0.25, 0.3) is 98.0 Å². The quantitative estimate of drug-likeness (QED) is 0.202. The molecule has 2 aromatic heterocycles. The number of hydrogen-bond donors (Lipinski definition) is 0. The molecule has 0 aliphatic heterocycles. The molecule has 2 heterocycles. The van der Waals surface area contributed by atoms with Gasteiger partial charge >= 0.3 is 0 Å². The molecule has 0 aliphatic rings. The van der Waals surface area contributed by atoms with Gasteiger partial charge in [-0.3, -0.25) is 0 Å². The highest BCUT2D eigenvalue weighted by Crippen LogP contribution is 2.47. The van der Waals surface area contributed by atoms with Gasteiger partial charge < -0.3 is 4.42 Å². The maximum absolute atomic E-state index is 6.61. The van der Waals surface area contributed by atoms with Crippen molar-refractivity contribution in [2.45, 2.75) is 0 Å². The number of aromatic nitrogens is 1. The van der Waals surface area contributed by atoms with Crippen LogP contribution < -0.4 is 0 Å². The summed E-state index contributed by atoms with van der Waals surface area (Å²) < 4.78 is 6.61. The van der Waals surface area contributed by atoms with Crippen LogP contribution in [-0.4, -0.2) is 4.98 Å². The highest BCUT2D eigenvalue weighted by Gasteiger charge is 2.22. The Hall–Kier alpha value is -5.47. The van der Waals surface area contributed by atoms with Crippen molar-refractivity contribution in [1.29, 1.82) is 0 Å². The molecule has 0 unspecified atom stereocenters. The van der Waals surface area contributed by atoms with E-state index in [4.69, 9.17) is 9.40 Å². The highest BCUT2D eigenvalue weighted by molar-refractivity contribution is 6.37. The Bertz CT molecular complexity index is 2630. The number of nitrogens with zero attached hydrogens (tertiary/aromatic N) is 1. The first-order chi connectivity index (χ1) is 20.3. The molecular weight excluding hydrogens is 498 g/mol. The Balaban J connectivity index is 1.47. The monoisotopic (exact) mass is 519 g/mol. The summed E-state index contributed by atoms with van der Waals surface area (Å²) in [6, 6.07) is 45.8. The number of para-hydroxylation sites is 2. The standard InChI is InChI=1S/C39H21NO/c1-2-11-28-27(10-1)35-29-12-3-5-14-31(29)40-38(37(35)36-30-13-4-6-15-32(30)41-39(28)36)26-20-24-18-16-22-8-7-9-23-17-19-25(21-26)34(24)33(22)23/h1-21H. The third-order valence-corrected chi connectivity index (χ3v) is 8.92. The molecule has 0 spiro atoms. The largest absolute Gasteiger partial charge is 0.455 e. The average Bonchev–Trinajstić information content (AvgIpc) is 3.43. The van der Waals surface area contributed by atoms with Gasteiger partial charge in [0, 0.05) is 37.9 Å². The van der Waals surface area contributed by atoms with Crippen LogP contribution >= 0.6 is 0 Å². The molecule has 2 heteroatoms. The smallest absolute Gasteiger partial charge is 0.143 e. The van der Waals surface area contributed by atoms with E-state index < -0.39 is 0 Å². The lowest BCUT2D eigenvalue weighted by molar-refractivity contribution is 0.673. The molecular formula is C39H21NO. The fourth-order valence-electron chi connectivity index (χ4n) is 7.22. The van der Waals surface area contributed by atoms with Gasteiger partial charge in [-0.25, -0.2) is 4.98 Å². The van der Waals surface area contributed by atoms with Crippen molar-refractivity contribution in [2.24, 2.45) is 0 Å². The lowest BCUT2D eigenvalue weighted by Crippen LogP contribution is -1.93. The maximum Gasteiger partial charge on any atom is 0.143 e. The minimum atomic E-state index is 0.898. The number of pyridine rings is 1. The molecule has 0 atom stereocenters. The summed E-state index contributed by atoms with van der Waals surface area (Å²) in [6.07, 6.45) is 0. The Labute approximate surface area is 234 Å². The third-order valence-electron chi connectivity index (χ3n) is 8.92. The lowest BCUT2D eigenvalue weighted by atomic mass is 9.89. The van der Waals surface area contributed by atoms with E-state index in [0.717, 1.165) is 54.9 Å². The van der Waals surface area contributed by atoms with E-state index in [0.29, 0.717) is 0 Å². The van der Waals surface area contributed by atoms with Gasteiger partial charge in [-0.2, -0.15) is 0 Å².